The molecule has 0 saturated heterocycles. The average Bonchev–Trinajstić information content (AvgIpc) is 2.79. The largest absolute Gasteiger partial charge is 0.319 e. The molecule has 0 aliphatic heterocycles. The molecular formula is C14H12N4O. The number of nitrogens with one attached hydrogen (secondary N) is 1. The first-order valence-corrected chi connectivity index (χ1v) is 5.90. The molecule has 0 bridgehead atoms. The zero-order valence-electron chi connectivity index (χ0n) is 10.4. The molecule has 0 radical (unpaired) electrons. The highest BCUT2D eigenvalue weighted by Gasteiger charge is 2.07. The summed E-state index contributed by atoms with van der Waals surface area (Å²) in [6, 6.07) is 8.92. The fraction of sp³-hybridized carbons (Fsp3) is 0.0714. The average molecular weight is 252 g/mol. The molecule has 3 aromatic heterocycles. The Hall–Kier alpha value is -2.69. The SMILES string of the molecule is Cc1cn2cc(NC(=O)c3ccccn3)ccc2n1. The molecule has 0 aliphatic rings. The van der Waals surface area contributed by atoms with E-state index in [2.05, 4.69) is 15.3 Å². The first-order chi connectivity index (χ1) is 9.22. The van der Waals surface area contributed by atoms with E-state index in [4.69, 9.17) is 0 Å². The lowest BCUT2D eigenvalue weighted by molar-refractivity contribution is 0.102. The number of imidazole rings is 1. The van der Waals surface area contributed by atoms with Crippen LogP contribution in [0.1, 0.15) is 16.2 Å². The molecule has 5 nitrogen and oxygen atoms in total. The standard InChI is InChI=1S/C14H12N4O/c1-10-8-18-9-11(5-6-13(18)16-10)17-14(19)12-4-2-3-7-15-12/h2-9H,1H3,(H,17,19). The number of aryl methyl sites for hydroxylation is 1. The molecule has 0 spiro atoms. The van der Waals surface area contributed by atoms with Crippen LogP contribution in [0.25, 0.3) is 5.65 Å². The van der Waals surface area contributed by atoms with Gasteiger partial charge in [0.25, 0.3) is 5.91 Å². The van der Waals surface area contributed by atoms with Crippen molar-refractivity contribution >= 4 is 17.2 Å². The highest BCUT2D eigenvalue weighted by Crippen LogP contribution is 2.12. The number of aromatic nitrogens is 3. The van der Waals surface area contributed by atoms with E-state index >= 15 is 0 Å². The van der Waals surface area contributed by atoms with Crippen LogP contribution < -0.4 is 5.32 Å². The molecule has 3 aromatic rings. The molecule has 0 saturated carbocycles. The predicted octanol–water partition coefficient (Wildman–Crippen LogP) is 2.29. The van der Waals surface area contributed by atoms with E-state index in [1.807, 2.05) is 35.9 Å². The summed E-state index contributed by atoms with van der Waals surface area (Å²) < 4.78 is 1.88. The second-order valence-electron chi connectivity index (χ2n) is 4.23. The molecule has 1 N–H and O–H groups in total. The van der Waals surface area contributed by atoms with Crippen molar-refractivity contribution in [3.63, 3.8) is 0 Å². The first kappa shape index (κ1) is 11.4. The molecule has 0 unspecified atom stereocenters. The predicted molar refractivity (Wildman–Crippen MR) is 72.1 cm³/mol. The summed E-state index contributed by atoms with van der Waals surface area (Å²) in [5.74, 6) is -0.225. The maximum Gasteiger partial charge on any atom is 0.274 e. The molecule has 0 atom stereocenters. The van der Waals surface area contributed by atoms with Crippen molar-refractivity contribution in [2.24, 2.45) is 0 Å². The number of nitrogens with zero attached hydrogens (tertiary/aromatic N) is 3. The van der Waals surface area contributed by atoms with Crippen LogP contribution in [0.2, 0.25) is 0 Å². The number of pyridine rings is 2. The van der Waals surface area contributed by atoms with E-state index < -0.39 is 0 Å². The van der Waals surface area contributed by atoms with Crippen LogP contribution >= 0.6 is 0 Å². The smallest absolute Gasteiger partial charge is 0.274 e. The van der Waals surface area contributed by atoms with Crippen LogP contribution in [0.15, 0.2) is 48.9 Å². The van der Waals surface area contributed by atoms with Gasteiger partial charge in [-0.05, 0) is 31.2 Å². The van der Waals surface area contributed by atoms with Gasteiger partial charge in [0.1, 0.15) is 11.3 Å². The summed E-state index contributed by atoms with van der Waals surface area (Å²) in [4.78, 5) is 20.3. The third-order valence-electron chi connectivity index (χ3n) is 2.73. The van der Waals surface area contributed by atoms with Crippen molar-refractivity contribution < 1.29 is 4.79 Å². The maximum atomic E-state index is 12.0. The molecule has 1 amide bonds. The monoisotopic (exact) mass is 252 g/mol. The molecule has 94 valence electrons. The van der Waals surface area contributed by atoms with Gasteiger partial charge in [0.05, 0.1) is 11.4 Å². The summed E-state index contributed by atoms with van der Waals surface area (Å²) in [5, 5.41) is 2.81. The van der Waals surface area contributed by atoms with Crippen molar-refractivity contribution in [2.45, 2.75) is 6.92 Å². The molecule has 3 rings (SSSR count). The van der Waals surface area contributed by atoms with Gasteiger partial charge in [-0.1, -0.05) is 6.07 Å². The van der Waals surface area contributed by atoms with Crippen molar-refractivity contribution in [1.82, 2.24) is 14.4 Å². The van der Waals surface area contributed by atoms with Crippen LogP contribution in [0.4, 0.5) is 5.69 Å². The zero-order valence-corrected chi connectivity index (χ0v) is 10.4. The quantitative estimate of drug-likeness (QED) is 0.761. The van der Waals surface area contributed by atoms with Crippen molar-refractivity contribution in [2.75, 3.05) is 5.32 Å². The second kappa shape index (κ2) is 4.53. The summed E-state index contributed by atoms with van der Waals surface area (Å²) in [6.45, 7) is 1.93. The number of fused-ring (bicyclic) bond motifs is 1. The van der Waals surface area contributed by atoms with Crippen LogP contribution in [0.5, 0.6) is 0 Å². The molecule has 3 heterocycles. The third-order valence-corrected chi connectivity index (χ3v) is 2.73. The van der Waals surface area contributed by atoms with E-state index in [1.165, 1.54) is 0 Å². The Balaban J connectivity index is 1.87. The van der Waals surface area contributed by atoms with Gasteiger partial charge in [0.2, 0.25) is 0 Å². The van der Waals surface area contributed by atoms with Gasteiger partial charge < -0.3 is 9.72 Å². The van der Waals surface area contributed by atoms with Crippen molar-refractivity contribution in [3.8, 4) is 0 Å². The van der Waals surface area contributed by atoms with Gasteiger partial charge in [0, 0.05) is 18.6 Å². The first-order valence-electron chi connectivity index (χ1n) is 5.90. The highest BCUT2D eigenvalue weighted by atomic mass is 16.1. The molecular weight excluding hydrogens is 240 g/mol. The molecule has 0 aromatic carbocycles. The minimum absolute atomic E-state index is 0.225. The summed E-state index contributed by atoms with van der Waals surface area (Å²) in [6.07, 6.45) is 5.33. The Bertz CT molecular complexity index is 734. The number of carbonyl (C=O) groups is 1. The Morgan fingerprint density at radius 3 is 2.89 bits per heavy atom. The lowest BCUT2D eigenvalue weighted by Gasteiger charge is -2.04. The second-order valence-corrected chi connectivity index (χ2v) is 4.23. The Morgan fingerprint density at radius 1 is 1.21 bits per heavy atom. The number of hydrogen-bond donors (Lipinski definition) is 1. The molecule has 0 aliphatic carbocycles. The lowest BCUT2D eigenvalue weighted by Crippen LogP contribution is -2.13. The van der Waals surface area contributed by atoms with Crippen molar-refractivity contribution in [1.29, 1.82) is 0 Å². The van der Waals surface area contributed by atoms with E-state index in [0.717, 1.165) is 11.3 Å². The van der Waals surface area contributed by atoms with Gasteiger partial charge in [0.15, 0.2) is 0 Å². The molecule has 19 heavy (non-hydrogen) atoms. The number of hydrogen-bond acceptors (Lipinski definition) is 3. The van der Waals surface area contributed by atoms with Crippen LogP contribution in [0, 0.1) is 6.92 Å². The van der Waals surface area contributed by atoms with Gasteiger partial charge in [-0.25, -0.2) is 4.98 Å². The Kier molecular flexibility index (Phi) is 2.72. The van der Waals surface area contributed by atoms with Crippen LogP contribution in [0.3, 0.4) is 0 Å². The van der Waals surface area contributed by atoms with Gasteiger partial charge >= 0.3 is 0 Å². The Morgan fingerprint density at radius 2 is 2.11 bits per heavy atom. The Labute approximate surface area is 109 Å². The molecule has 0 fully saturated rings. The fourth-order valence-corrected chi connectivity index (χ4v) is 1.88. The van der Waals surface area contributed by atoms with E-state index in [-0.39, 0.29) is 5.91 Å². The summed E-state index contributed by atoms with van der Waals surface area (Å²) in [5.41, 5.74) is 2.89. The van der Waals surface area contributed by atoms with E-state index in [1.54, 1.807) is 24.4 Å². The fourth-order valence-electron chi connectivity index (χ4n) is 1.88. The third kappa shape index (κ3) is 2.30. The van der Waals surface area contributed by atoms with Gasteiger partial charge in [-0.15, -0.1) is 0 Å². The topological polar surface area (TPSA) is 59.3 Å². The van der Waals surface area contributed by atoms with Crippen LogP contribution in [-0.2, 0) is 0 Å². The van der Waals surface area contributed by atoms with E-state index in [9.17, 15) is 4.79 Å². The molecule has 5 heteroatoms. The number of amides is 1. The maximum absolute atomic E-state index is 12.0. The minimum atomic E-state index is -0.225. The number of anilines is 1. The lowest BCUT2D eigenvalue weighted by atomic mass is 10.3. The summed E-state index contributed by atoms with van der Waals surface area (Å²) >= 11 is 0. The van der Waals surface area contributed by atoms with Gasteiger partial charge in [-0.2, -0.15) is 0 Å². The van der Waals surface area contributed by atoms with Crippen molar-refractivity contribution in [3.05, 3.63) is 60.3 Å². The van der Waals surface area contributed by atoms with Gasteiger partial charge in [-0.3, -0.25) is 9.78 Å². The number of rotatable bonds is 2. The summed E-state index contributed by atoms with van der Waals surface area (Å²) in [7, 11) is 0. The van der Waals surface area contributed by atoms with Crippen LogP contribution in [-0.4, -0.2) is 20.3 Å². The zero-order chi connectivity index (χ0) is 13.2. The normalized spacial score (nSPS) is 10.6. The number of carbonyl (C=O) groups excluding carboxylic acids is 1. The minimum Gasteiger partial charge on any atom is -0.319 e. The van der Waals surface area contributed by atoms with E-state index in [0.29, 0.717) is 11.4 Å². The highest BCUT2D eigenvalue weighted by molar-refractivity contribution is 6.02.